The number of rotatable bonds is 5. The minimum Gasteiger partial charge on any atom is -0.377 e. The largest absolute Gasteiger partial charge is 0.377 e. The minimum absolute atomic E-state index is 0.293. The van der Waals surface area contributed by atoms with Crippen molar-refractivity contribution in [2.24, 2.45) is 5.84 Å². The molecule has 0 spiro atoms. The van der Waals surface area contributed by atoms with Crippen molar-refractivity contribution in [2.75, 3.05) is 17.9 Å². The van der Waals surface area contributed by atoms with Crippen LogP contribution < -0.4 is 16.6 Å². The summed E-state index contributed by atoms with van der Waals surface area (Å²) >= 11 is 9.42. The van der Waals surface area contributed by atoms with Gasteiger partial charge in [0.1, 0.15) is 18.2 Å². The number of benzene rings is 1. The van der Waals surface area contributed by atoms with Crippen molar-refractivity contribution in [3.63, 3.8) is 0 Å². The number of hydrazine groups is 1. The molecule has 0 amide bonds. The van der Waals surface area contributed by atoms with Crippen LogP contribution in [0.15, 0.2) is 28.7 Å². The molecule has 0 bridgehead atoms. The van der Waals surface area contributed by atoms with Crippen LogP contribution in [0.1, 0.15) is 5.82 Å². The van der Waals surface area contributed by atoms with Crippen LogP contribution in [0.2, 0.25) is 5.02 Å². The highest BCUT2D eigenvalue weighted by Gasteiger charge is 2.07. The highest BCUT2D eigenvalue weighted by atomic mass is 79.9. The monoisotopic (exact) mass is 357 g/mol. The second kappa shape index (κ2) is 6.85. The Bertz CT molecular complexity index is 610. The van der Waals surface area contributed by atoms with Gasteiger partial charge in [-0.2, -0.15) is 0 Å². The first kappa shape index (κ1) is 15.0. The maximum atomic E-state index is 5.98. The van der Waals surface area contributed by atoms with Gasteiger partial charge in [-0.1, -0.05) is 11.6 Å². The normalized spacial score (nSPS) is 10.4. The summed E-state index contributed by atoms with van der Waals surface area (Å²) in [6, 6.07) is 7.12. The van der Waals surface area contributed by atoms with Crippen LogP contribution in [0, 0.1) is 0 Å². The molecule has 0 radical (unpaired) electrons. The summed E-state index contributed by atoms with van der Waals surface area (Å²) in [7, 11) is 1.58. The molecule has 0 saturated heterocycles. The molecule has 0 aliphatic rings. The number of aromatic nitrogens is 2. The Hall–Kier alpha value is -1.41. The van der Waals surface area contributed by atoms with Crippen molar-refractivity contribution < 1.29 is 4.74 Å². The molecule has 20 heavy (non-hydrogen) atoms. The molecule has 0 atom stereocenters. The maximum Gasteiger partial charge on any atom is 0.158 e. The van der Waals surface area contributed by atoms with Crippen LogP contribution in [0.4, 0.5) is 17.3 Å². The number of halogens is 2. The summed E-state index contributed by atoms with van der Waals surface area (Å²) in [5.41, 5.74) is 3.29. The number of nitrogens with zero attached hydrogens (tertiary/aromatic N) is 2. The second-order valence-electron chi connectivity index (χ2n) is 3.88. The van der Waals surface area contributed by atoms with Gasteiger partial charge in [-0.25, -0.2) is 15.8 Å². The summed E-state index contributed by atoms with van der Waals surface area (Å²) in [5, 5.41) is 3.78. The van der Waals surface area contributed by atoms with Crippen molar-refractivity contribution in [3.05, 3.63) is 39.6 Å². The lowest BCUT2D eigenvalue weighted by molar-refractivity contribution is 0.178. The van der Waals surface area contributed by atoms with Gasteiger partial charge < -0.3 is 15.5 Å². The number of nitrogens with one attached hydrogen (secondary N) is 2. The third kappa shape index (κ3) is 3.80. The lowest BCUT2D eigenvalue weighted by Crippen LogP contribution is -2.12. The van der Waals surface area contributed by atoms with Crippen molar-refractivity contribution in [2.45, 2.75) is 6.61 Å². The zero-order chi connectivity index (χ0) is 14.5. The predicted octanol–water partition coefficient (Wildman–Crippen LogP) is 3.07. The Morgan fingerprint density at radius 2 is 2.05 bits per heavy atom. The fraction of sp³-hybridized carbons (Fsp3) is 0.167. The van der Waals surface area contributed by atoms with Gasteiger partial charge in [0.15, 0.2) is 5.82 Å². The van der Waals surface area contributed by atoms with Crippen LogP contribution >= 0.6 is 27.5 Å². The Morgan fingerprint density at radius 3 is 2.75 bits per heavy atom. The fourth-order valence-corrected chi connectivity index (χ4v) is 2.08. The van der Waals surface area contributed by atoms with Gasteiger partial charge in [-0.3, -0.25) is 0 Å². The van der Waals surface area contributed by atoms with E-state index in [1.807, 2.05) is 6.07 Å². The third-order valence-electron chi connectivity index (χ3n) is 2.38. The molecule has 0 saturated carbocycles. The van der Waals surface area contributed by atoms with E-state index in [4.69, 9.17) is 22.2 Å². The standard InChI is InChI=1S/C12H13BrClN5O/c1-20-6-12-17-10(5-11(18-12)19-15)16-9-4-7(14)2-3-8(9)13/h2-5H,6,15H2,1H3,(H2,16,17,18,19). The maximum absolute atomic E-state index is 5.98. The molecular weight excluding hydrogens is 346 g/mol. The summed E-state index contributed by atoms with van der Waals surface area (Å²) in [6.07, 6.45) is 0. The highest BCUT2D eigenvalue weighted by molar-refractivity contribution is 9.10. The SMILES string of the molecule is COCc1nc(NN)cc(Nc2cc(Cl)ccc2Br)n1. The average Bonchev–Trinajstić information content (AvgIpc) is 2.43. The Labute approximate surface area is 129 Å². The van der Waals surface area contributed by atoms with Gasteiger partial charge in [0.2, 0.25) is 0 Å². The van der Waals surface area contributed by atoms with E-state index >= 15 is 0 Å². The second-order valence-corrected chi connectivity index (χ2v) is 5.17. The van der Waals surface area contributed by atoms with E-state index in [1.165, 1.54) is 0 Å². The number of nitrogen functional groups attached to an aromatic ring is 1. The van der Waals surface area contributed by atoms with Crippen LogP contribution in [0.3, 0.4) is 0 Å². The van der Waals surface area contributed by atoms with Gasteiger partial charge in [0, 0.05) is 22.7 Å². The number of ether oxygens (including phenoxy) is 1. The van der Waals surface area contributed by atoms with E-state index in [0.717, 1.165) is 10.2 Å². The summed E-state index contributed by atoms with van der Waals surface area (Å²) < 4.78 is 5.90. The van der Waals surface area contributed by atoms with E-state index in [9.17, 15) is 0 Å². The molecule has 4 N–H and O–H groups in total. The van der Waals surface area contributed by atoms with Crippen LogP contribution in [0.25, 0.3) is 0 Å². The molecule has 0 aliphatic heterocycles. The Kier molecular flexibility index (Phi) is 5.13. The Balaban J connectivity index is 2.32. The number of hydrogen-bond acceptors (Lipinski definition) is 6. The topological polar surface area (TPSA) is 85.1 Å². The zero-order valence-corrected chi connectivity index (χ0v) is 13.0. The van der Waals surface area contributed by atoms with E-state index in [1.54, 1.807) is 25.3 Å². The number of hydrogen-bond donors (Lipinski definition) is 3. The molecule has 0 fully saturated rings. The molecule has 2 rings (SSSR count). The van der Waals surface area contributed by atoms with E-state index in [-0.39, 0.29) is 0 Å². The summed E-state index contributed by atoms with van der Waals surface area (Å²) in [4.78, 5) is 8.50. The lowest BCUT2D eigenvalue weighted by Gasteiger charge is -2.11. The molecule has 0 unspecified atom stereocenters. The first-order chi connectivity index (χ1) is 9.62. The van der Waals surface area contributed by atoms with Gasteiger partial charge in [-0.05, 0) is 34.1 Å². The first-order valence-electron chi connectivity index (χ1n) is 5.68. The smallest absolute Gasteiger partial charge is 0.158 e. The molecule has 6 nitrogen and oxygen atoms in total. The van der Waals surface area contributed by atoms with Crippen molar-refractivity contribution in [3.8, 4) is 0 Å². The van der Waals surface area contributed by atoms with Crippen molar-refractivity contribution in [1.82, 2.24) is 9.97 Å². The number of nitrogens with two attached hydrogens (primary N) is 1. The van der Waals surface area contributed by atoms with Crippen LogP contribution in [-0.4, -0.2) is 17.1 Å². The van der Waals surface area contributed by atoms with Crippen molar-refractivity contribution in [1.29, 1.82) is 0 Å². The predicted molar refractivity (Wildman–Crippen MR) is 83.0 cm³/mol. The minimum atomic E-state index is 0.293. The van der Waals surface area contributed by atoms with Gasteiger partial charge >= 0.3 is 0 Å². The molecule has 0 aliphatic carbocycles. The van der Waals surface area contributed by atoms with E-state index in [2.05, 4.69) is 36.6 Å². The molecule has 1 aromatic heterocycles. The fourth-order valence-electron chi connectivity index (χ4n) is 1.56. The first-order valence-corrected chi connectivity index (χ1v) is 6.85. The van der Waals surface area contributed by atoms with Gasteiger partial charge in [0.05, 0.1) is 5.69 Å². The summed E-state index contributed by atoms with van der Waals surface area (Å²) in [6.45, 7) is 0.293. The van der Waals surface area contributed by atoms with Crippen molar-refractivity contribution >= 4 is 44.9 Å². The van der Waals surface area contributed by atoms with E-state index in [0.29, 0.717) is 29.1 Å². The molecule has 2 aromatic rings. The average molecular weight is 359 g/mol. The summed E-state index contributed by atoms with van der Waals surface area (Å²) in [5.74, 6) is 6.99. The van der Waals surface area contributed by atoms with Crippen LogP contribution in [0.5, 0.6) is 0 Å². The highest BCUT2D eigenvalue weighted by Crippen LogP contribution is 2.28. The molecule has 106 valence electrons. The lowest BCUT2D eigenvalue weighted by atomic mass is 10.3. The molecule has 1 heterocycles. The zero-order valence-electron chi connectivity index (χ0n) is 10.7. The van der Waals surface area contributed by atoms with Gasteiger partial charge in [0.25, 0.3) is 0 Å². The van der Waals surface area contributed by atoms with E-state index < -0.39 is 0 Å². The number of anilines is 3. The van der Waals surface area contributed by atoms with Gasteiger partial charge in [-0.15, -0.1) is 0 Å². The van der Waals surface area contributed by atoms with Crippen LogP contribution in [-0.2, 0) is 11.3 Å². The number of methoxy groups -OCH3 is 1. The molecule has 8 heteroatoms. The third-order valence-corrected chi connectivity index (χ3v) is 3.31. The Morgan fingerprint density at radius 1 is 1.30 bits per heavy atom. The molecular formula is C12H13BrClN5O. The quantitative estimate of drug-likeness (QED) is 0.562. The molecule has 1 aromatic carbocycles.